The van der Waals surface area contributed by atoms with Crippen LogP contribution in [0.2, 0.25) is 0 Å². The Kier molecular flexibility index (Phi) is 38.1. The van der Waals surface area contributed by atoms with E-state index in [0.29, 0.717) is 0 Å². The van der Waals surface area contributed by atoms with E-state index < -0.39 is 20.2 Å². The van der Waals surface area contributed by atoms with Crippen molar-refractivity contribution in [3.63, 3.8) is 0 Å². The van der Waals surface area contributed by atoms with E-state index in [1.54, 1.807) is 6.92 Å². The number of hydrogen-bond acceptors (Lipinski definition) is 5. The molecular weight excluding hydrogens is 214 g/mol. The first-order chi connectivity index (χ1) is 4.06. The number of aliphatic hydroxyl groups is 1. The molecular formula is C2H6Na2O5S2. The summed E-state index contributed by atoms with van der Waals surface area (Å²) in [5, 5.41) is 7.57. The molecule has 0 aliphatic rings. The molecule has 2 atom stereocenters. The Bertz CT molecular complexity index is 96.7. The second-order valence-corrected chi connectivity index (χ2v) is 3.17. The normalized spacial score (nSPS) is 12.4. The Balaban J connectivity index is -0.0000000437. The first-order valence-electron chi connectivity index (χ1n) is 1.86. The maximum atomic E-state index is 9.09. The van der Waals surface area contributed by atoms with Gasteiger partial charge in [-0.2, -0.15) is 0 Å². The molecule has 0 rings (SSSR count). The Labute approximate surface area is 114 Å². The van der Waals surface area contributed by atoms with E-state index in [1.165, 1.54) is 0 Å². The van der Waals surface area contributed by atoms with Crippen molar-refractivity contribution in [2.75, 3.05) is 6.61 Å². The van der Waals surface area contributed by atoms with E-state index in [2.05, 4.69) is 0 Å². The topological polar surface area (TPSA) is 100 Å². The van der Waals surface area contributed by atoms with E-state index in [4.69, 9.17) is 22.6 Å². The minimum atomic E-state index is -2.95. The van der Waals surface area contributed by atoms with E-state index in [-0.39, 0.29) is 65.7 Å². The molecule has 1 N–H and O–H groups in total. The molecule has 0 bridgehead atoms. The maximum Gasteiger partial charge on any atom is 1.00 e. The summed E-state index contributed by atoms with van der Waals surface area (Å²) in [6, 6.07) is 0. The zero-order chi connectivity index (χ0) is 7.86. The SMILES string of the molecule is CCO.O=S([O-])S(=O)[O-].[Na+].[Na+]. The molecule has 0 saturated heterocycles. The molecule has 0 saturated carbocycles. The molecule has 0 aliphatic heterocycles. The maximum absolute atomic E-state index is 9.09. The van der Waals surface area contributed by atoms with Crippen molar-refractivity contribution >= 4 is 20.2 Å². The first kappa shape index (κ1) is 23.2. The molecule has 0 aromatic heterocycles. The Hall–Kier alpha value is 2.18. The van der Waals surface area contributed by atoms with Crippen LogP contribution in [0.25, 0.3) is 0 Å². The second kappa shape index (κ2) is 18.1. The third-order valence-electron chi connectivity index (χ3n) is 0.111. The molecule has 11 heavy (non-hydrogen) atoms. The predicted molar refractivity (Wildman–Crippen MR) is 30.6 cm³/mol. The smallest absolute Gasteiger partial charge is 0.763 e. The van der Waals surface area contributed by atoms with Crippen molar-refractivity contribution in [2.45, 2.75) is 6.92 Å². The molecule has 5 nitrogen and oxygen atoms in total. The standard InChI is InChI=1S/C2H6O.2Na.H2O4S2/c1-2-3;;;1-5(2)6(3)4/h3H,2H2,1H3;;;(H,1,2)(H,3,4)/q;2*+1;/p-2. The monoisotopic (exact) mass is 220 g/mol. The van der Waals surface area contributed by atoms with Crippen molar-refractivity contribution in [3.05, 3.63) is 0 Å². The summed E-state index contributed by atoms with van der Waals surface area (Å²) in [5.41, 5.74) is 0. The zero-order valence-corrected chi connectivity index (χ0v) is 12.2. The molecule has 0 amide bonds. The van der Waals surface area contributed by atoms with Crippen LogP contribution >= 0.6 is 0 Å². The van der Waals surface area contributed by atoms with Gasteiger partial charge in [0.15, 0.2) is 0 Å². The van der Waals surface area contributed by atoms with Crippen LogP contribution < -0.4 is 59.1 Å². The fraction of sp³-hybridized carbons (Fsp3) is 1.00. The zero-order valence-electron chi connectivity index (χ0n) is 6.60. The second-order valence-electron chi connectivity index (χ2n) is 0.724. The molecule has 0 spiro atoms. The largest absolute Gasteiger partial charge is 1.00 e. The van der Waals surface area contributed by atoms with Gasteiger partial charge in [0.05, 0.1) is 0 Å². The fourth-order valence-electron chi connectivity index (χ4n) is 0. The van der Waals surface area contributed by atoms with Crippen molar-refractivity contribution < 1.29 is 81.7 Å². The minimum Gasteiger partial charge on any atom is -0.763 e. The minimum absolute atomic E-state index is 0. The molecule has 0 fully saturated rings. The Morgan fingerprint density at radius 3 is 1.27 bits per heavy atom. The summed E-state index contributed by atoms with van der Waals surface area (Å²) in [6.45, 7) is 1.93. The van der Waals surface area contributed by atoms with Gasteiger partial charge in [-0.15, -0.1) is 0 Å². The third-order valence-corrected chi connectivity index (χ3v) is 1.00. The van der Waals surface area contributed by atoms with Crippen molar-refractivity contribution in [3.8, 4) is 0 Å². The van der Waals surface area contributed by atoms with Gasteiger partial charge in [-0.1, -0.05) is 0 Å². The van der Waals surface area contributed by atoms with Gasteiger partial charge >= 0.3 is 59.1 Å². The summed E-state index contributed by atoms with van der Waals surface area (Å²) in [7, 11) is -5.90. The van der Waals surface area contributed by atoms with E-state index in [1.807, 2.05) is 0 Å². The van der Waals surface area contributed by atoms with Crippen LogP contribution in [0.5, 0.6) is 0 Å². The number of aliphatic hydroxyl groups excluding tert-OH is 1. The van der Waals surface area contributed by atoms with Crippen molar-refractivity contribution in [1.82, 2.24) is 0 Å². The van der Waals surface area contributed by atoms with Gasteiger partial charge in [-0.25, -0.2) is 0 Å². The Morgan fingerprint density at radius 2 is 1.27 bits per heavy atom. The third kappa shape index (κ3) is 33.0. The Morgan fingerprint density at radius 1 is 1.18 bits per heavy atom. The molecule has 0 heterocycles. The van der Waals surface area contributed by atoms with Crippen LogP contribution in [0, 0.1) is 0 Å². The van der Waals surface area contributed by atoms with Crippen LogP contribution in [-0.4, -0.2) is 29.2 Å². The number of rotatable bonds is 1. The summed E-state index contributed by atoms with van der Waals surface area (Å²) >= 11 is 0. The van der Waals surface area contributed by atoms with Crippen LogP contribution in [0.15, 0.2) is 0 Å². The number of hydrogen-bond donors (Lipinski definition) is 1. The average molecular weight is 220 g/mol. The predicted octanol–water partition coefficient (Wildman–Crippen LogP) is -7.33. The van der Waals surface area contributed by atoms with Crippen molar-refractivity contribution in [2.24, 2.45) is 0 Å². The summed E-state index contributed by atoms with van der Waals surface area (Å²) in [4.78, 5) is 0. The van der Waals surface area contributed by atoms with Crippen molar-refractivity contribution in [1.29, 1.82) is 0 Å². The first-order valence-corrected chi connectivity index (χ1v) is 4.52. The average Bonchev–Trinajstić information content (AvgIpc) is 1.68. The molecule has 0 aliphatic carbocycles. The van der Waals surface area contributed by atoms with Gasteiger partial charge in [0.1, 0.15) is 0 Å². The van der Waals surface area contributed by atoms with Gasteiger partial charge < -0.3 is 14.2 Å². The van der Waals surface area contributed by atoms with Crippen LogP contribution in [0.4, 0.5) is 0 Å². The van der Waals surface area contributed by atoms with Crippen LogP contribution in [-0.2, 0) is 20.2 Å². The molecule has 0 aromatic carbocycles. The summed E-state index contributed by atoms with van der Waals surface area (Å²) in [5.74, 6) is 0. The summed E-state index contributed by atoms with van der Waals surface area (Å²) in [6.07, 6.45) is 0. The van der Waals surface area contributed by atoms with Gasteiger partial charge in [-0.3, -0.25) is 8.42 Å². The van der Waals surface area contributed by atoms with E-state index in [9.17, 15) is 0 Å². The fourth-order valence-corrected chi connectivity index (χ4v) is 0. The van der Waals surface area contributed by atoms with Crippen LogP contribution in [0.3, 0.4) is 0 Å². The van der Waals surface area contributed by atoms with E-state index >= 15 is 0 Å². The van der Waals surface area contributed by atoms with E-state index in [0.717, 1.165) is 0 Å². The van der Waals surface area contributed by atoms with Gasteiger partial charge in [0, 0.05) is 26.8 Å². The van der Waals surface area contributed by atoms with Gasteiger partial charge in [0.25, 0.3) is 0 Å². The summed E-state index contributed by atoms with van der Waals surface area (Å²) < 4.78 is 36.3. The molecule has 9 heteroatoms. The quantitative estimate of drug-likeness (QED) is 0.269. The molecule has 0 aromatic rings. The molecule has 2 unspecified atom stereocenters. The van der Waals surface area contributed by atoms with Gasteiger partial charge in [0.2, 0.25) is 0 Å². The molecule has 0 radical (unpaired) electrons. The molecule has 58 valence electrons. The van der Waals surface area contributed by atoms with Gasteiger partial charge in [-0.05, 0) is 6.92 Å². The van der Waals surface area contributed by atoms with Crippen LogP contribution in [0.1, 0.15) is 6.92 Å².